The summed E-state index contributed by atoms with van der Waals surface area (Å²) >= 11 is 0. The predicted molar refractivity (Wildman–Crippen MR) is 100 cm³/mol. The first kappa shape index (κ1) is 20.8. The van der Waals surface area contributed by atoms with Crippen molar-refractivity contribution in [1.82, 2.24) is 5.32 Å². The Bertz CT molecular complexity index is 876. The highest BCUT2D eigenvalue weighted by molar-refractivity contribution is 6.01. The number of cyclic esters (lactones) is 1. The van der Waals surface area contributed by atoms with Crippen molar-refractivity contribution in [3.63, 3.8) is 0 Å². The minimum Gasteiger partial charge on any atom is -0.462 e. The molecule has 1 atom stereocenters. The van der Waals surface area contributed by atoms with Crippen LogP contribution in [0.1, 0.15) is 38.7 Å². The lowest BCUT2D eigenvalue weighted by Gasteiger charge is -2.28. The normalized spacial score (nSPS) is 18.7. The van der Waals surface area contributed by atoms with Gasteiger partial charge in [0, 0.05) is 11.3 Å². The van der Waals surface area contributed by atoms with E-state index in [1.807, 2.05) is 13.8 Å². The van der Waals surface area contributed by atoms with Crippen LogP contribution in [0.3, 0.4) is 0 Å². The number of ether oxygens (including phenoxy) is 3. The summed E-state index contributed by atoms with van der Waals surface area (Å²) in [4.78, 5) is 25.3. The molecule has 2 aliphatic rings. The van der Waals surface area contributed by atoms with E-state index in [0.717, 1.165) is 0 Å². The van der Waals surface area contributed by atoms with Gasteiger partial charge >= 0.3 is 18.6 Å². The molecule has 0 saturated heterocycles. The highest BCUT2D eigenvalue weighted by atomic mass is 19.3. The zero-order valence-electron chi connectivity index (χ0n) is 16.5. The van der Waals surface area contributed by atoms with E-state index < -0.39 is 24.5 Å². The zero-order chi connectivity index (χ0) is 21.1. The quantitative estimate of drug-likeness (QED) is 0.696. The molecule has 3 rings (SSSR count). The third-order valence-corrected chi connectivity index (χ3v) is 4.81. The zero-order valence-corrected chi connectivity index (χ0v) is 16.5. The second kappa shape index (κ2) is 8.63. The van der Waals surface area contributed by atoms with Gasteiger partial charge in [0.15, 0.2) is 0 Å². The number of carbonyl (C=O) groups is 2. The van der Waals surface area contributed by atoms with E-state index in [1.54, 1.807) is 25.1 Å². The van der Waals surface area contributed by atoms with E-state index in [4.69, 9.17) is 9.47 Å². The molecule has 2 heterocycles. The van der Waals surface area contributed by atoms with Crippen molar-refractivity contribution in [3.05, 3.63) is 52.4 Å². The number of alkyl halides is 2. The fraction of sp³-hybridized carbons (Fsp3) is 0.429. The monoisotopic (exact) mass is 407 g/mol. The number of hydrogen-bond acceptors (Lipinski definition) is 6. The number of para-hydroxylation sites is 1. The van der Waals surface area contributed by atoms with Gasteiger partial charge in [-0.25, -0.2) is 9.59 Å². The van der Waals surface area contributed by atoms with Crippen LogP contribution in [0.2, 0.25) is 0 Å². The van der Waals surface area contributed by atoms with E-state index in [2.05, 4.69) is 10.1 Å². The Kier molecular flexibility index (Phi) is 6.20. The molecule has 0 bridgehead atoms. The summed E-state index contributed by atoms with van der Waals surface area (Å²) in [6.45, 7) is 2.88. The van der Waals surface area contributed by atoms with Crippen LogP contribution in [0.4, 0.5) is 8.78 Å². The first-order chi connectivity index (χ1) is 13.8. The molecule has 0 radical (unpaired) electrons. The summed E-state index contributed by atoms with van der Waals surface area (Å²) in [7, 11) is 0. The molecule has 6 nitrogen and oxygen atoms in total. The molecule has 0 amide bonds. The number of hydrogen-bond donors (Lipinski definition) is 1. The van der Waals surface area contributed by atoms with Crippen LogP contribution in [-0.2, 0) is 19.1 Å². The summed E-state index contributed by atoms with van der Waals surface area (Å²) in [5.74, 6) is -1.91. The number of dihydropyridines is 1. The molecule has 1 aromatic carbocycles. The minimum absolute atomic E-state index is 0.0234. The van der Waals surface area contributed by atoms with Crippen LogP contribution < -0.4 is 10.1 Å². The standard InChI is InChI=1S/C21H23F2NO5/c1-11(2)8-9-27-19(25)16-12(3)24-14-10-28-20(26)18(14)17(16)13-6-4-5-7-15(13)29-21(22)23/h4-7,11,17,21,24H,8-10H2,1-3H3. The summed E-state index contributed by atoms with van der Waals surface area (Å²) in [5.41, 5.74) is 1.64. The van der Waals surface area contributed by atoms with Gasteiger partial charge in [0.05, 0.1) is 29.4 Å². The van der Waals surface area contributed by atoms with Crippen molar-refractivity contribution >= 4 is 11.9 Å². The van der Waals surface area contributed by atoms with Crippen molar-refractivity contribution in [2.45, 2.75) is 39.7 Å². The molecular formula is C21H23F2NO5. The molecule has 0 saturated carbocycles. The van der Waals surface area contributed by atoms with Crippen molar-refractivity contribution in [2.75, 3.05) is 13.2 Å². The predicted octanol–water partition coefficient (Wildman–Crippen LogP) is 3.65. The average Bonchev–Trinajstić information content (AvgIpc) is 3.00. The Morgan fingerprint density at radius 1 is 1.31 bits per heavy atom. The second-order valence-corrected chi connectivity index (χ2v) is 7.30. The molecule has 1 N–H and O–H groups in total. The van der Waals surface area contributed by atoms with E-state index in [0.29, 0.717) is 23.7 Å². The third-order valence-electron chi connectivity index (χ3n) is 4.81. The molecule has 0 fully saturated rings. The number of carbonyl (C=O) groups excluding carboxylic acids is 2. The second-order valence-electron chi connectivity index (χ2n) is 7.30. The minimum atomic E-state index is -3.05. The first-order valence-corrected chi connectivity index (χ1v) is 9.38. The topological polar surface area (TPSA) is 73.9 Å². The summed E-state index contributed by atoms with van der Waals surface area (Å²) in [6.07, 6.45) is 0.678. The number of allylic oxidation sites excluding steroid dienone is 1. The van der Waals surface area contributed by atoms with Gasteiger partial charge in [0.1, 0.15) is 12.4 Å². The fourth-order valence-electron chi connectivity index (χ4n) is 3.44. The fourth-order valence-corrected chi connectivity index (χ4v) is 3.44. The first-order valence-electron chi connectivity index (χ1n) is 9.38. The molecule has 1 unspecified atom stereocenters. The molecule has 1 aromatic rings. The van der Waals surface area contributed by atoms with Crippen molar-refractivity contribution in [3.8, 4) is 5.75 Å². The van der Waals surface area contributed by atoms with Crippen molar-refractivity contribution < 1.29 is 32.6 Å². The summed E-state index contributed by atoms with van der Waals surface area (Å²) in [5, 5.41) is 3.02. The van der Waals surface area contributed by atoms with Gasteiger partial charge in [-0.15, -0.1) is 0 Å². The lowest BCUT2D eigenvalue weighted by molar-refractivity contribution is -0.139. The van der Waals surface area contributed by atoms with Gasteiger partial charge in [-0.2, -0.15) is 8.78 Å². The molecule has 29 heavy (non-hydrogen) atoms. The van der Waals surface area contributed by atoms with E-state index in [9.17, 15) is 18.4 Å². The lowest BCUT2D eigenvalue weighted by Crippen LogP contribution is -2.30. The Morgan fingerprint density at radius 2 is 2.03 bits per heavy atom. The maximum absolute atomic E-state index is 12.9. The van der Waals surface area contributed by atoms with Crippen LogP contribution in [0.5, 0.6) is 5.75 Å². The molecule has 0 spiro atoms. The molecule has 0 aliphatic carbocycles. The van der Waals surface area contributed by atoms with Gasteiger partial charge < -0.3 is 19.5 Å². The highest BCUT2D eigenvalue weighted by Crippen LogP contribution is 2.44. The van der Waals surface area contributed by atoms with E-state index in [1.165, 1.54) is 6.07 Å². The Balaban J connectivity index is 2.04. The number of nitrogens with one attached hydrogen (secondary N) is 1. The van der Waals surface area contributed by atoms with Crippen LogP contribution in [0, 0.1) is 5.92 Å². The lowest BCUT2D eigenvalue weighted by atomic mass is 9.80. The maximum atomic E-state index is 12.9. The number of halogens is 2. The molecule has 0 aromatic heterocycles. The SMILES string of the molecule is CC1=C(C(=O)OCCC(C)C)C(c2ccccc2OC(F)F)C2=C(COC2=O)N1. The Labute approximate surface area is 167 Å². The molecule has 2 aliphatic heterocycles. The highest BCUT2D eigenvalue weighted by Gasteiger charge is 2.43. The number of benzene rings is 1. The van der Waals surface area contributed by atoms with Crippen LogP contribution in [-0.4, -0.2) is 31.8 Å². The van der Waals surface area contributed by atoms with E-state index >= 15 is 0 Å². The molecule has 156 valence electrons. The maximum Gasteiger partial charge on any atom is 0.387 e. The Morgan fingerprint density at radius 3 is 2.72 bits per heavy atom. The summed E-state index contributed by atoms with van der Waals surface area (Å²) < 4.78 is 41.1. The van der Waals surface area contributed by atoms with Gasteiger partial charge in [0.2, 0.25) is 0 Å². The average molecular weight is 407 g/mol. The third kappa shape index (κ3) is 4.41. The van der Waals surface area contributed by atoms with Crippen LogP contribution in [0.15, 0.2) is 46.8 Å². The van der Waals surface area contributed by atoms with Crippen molar-refractivity contribution in [2.24, 2.45) is 5.92 Å². The smallest absolute Gasteiger partial charge is 0.387 e. The van der Waals surface area contributed by atoms with Crippen LogP contribution in [0.25, 0.3) is 0 Å². The number of rotatable bonds is 7. The number of esters is 2. The molecule has 8 heteroatoms. The van der Waals surface area contributed by atoms with Gasteiger partial charge in [-0.3, -0.25) is 0 Å². The molecular weight excluding hydrogens is 384 g/mol. The van der Waals surface area contributed by atoms with Gasteiger partial charge in [-0.1, -0.05) is 32.0 Å². The summed E-state index contributed by atoms with van der Waals surface area (Å²) in [6, 6.07) is 6.11. The van der Waals surface area contributed by atoms with Gasteiger partial charge in [-0.05, 0) is 25.3 Å². The Hall–Kier alpha value is -2.90. The van der Waals surface area contributed by atoms with Crippen LogP contribution >= 0.6 is 0 Å². The van der Waals surface area contributed by atoms with E-state index in [-0.39, 0.29) is 35.7 Å². The van der Waals surface area contributed by atoms with Gasteiger partial charge in [0.25, 0.3) is 0 Å². The van der Waals surface area contributed by atoms with Crippen molar-refractivity contribution in [1.29, 1.82) is 0 Å². The largest absolute Gasteiger partial charge is 0.462 e.